The van der Waals surface area contributed by atoms with Crippen LogP contribution in [0.2, 0.25) is 5.02 Å². The second-order valence-electron chi connectivity index (χ2n) is 5.67. The number of aromatic nitrogens is 3. The van der Waals surface area contributed by atoms with Crippen molar-refractivity contribution in [2.24, 2.45) is 0 Å². The van der Waals surface area contributed by atoms with E-state index >= 15 is 0 Å². The fraction of sp³-hybridized carbons (Fsp3) is 0.438. The summed E-state index contributed by atoms with van der Waals surface area (Å²) in [5.74, 6) is 1.60. The average Bonchev–Trinajstić information content (AvgIpc) is 2.49. The van der Waals surface area contributed by atoms with Gasteiger partial charge in [0.15, 0.2) is 5.82 Å². The van der Waals surface area contributed by atoms with Gasteiger partial charge in [0, 0.05) is 43.3 Å². The molecule has 1 aliphatic rings. The Kier molecular flexibility index (Phi) is 4.16. The molecule has 1 fully saturated rings. The number of nitrogens with zero attached hydrogens (tertiary/aromatic N) is 5. The Morgan fingerprint density at radius 3 is 2.14 bits per heavy atom. The van der Waals surface area contributed by atoms with E-state index in [2.05, 4.69) is 36.9 Å². The van der Waals surface area contributed by atoms with Crippen LogP contribution in [0, 0.1) is 20.8 Å². The number of piperazine rings is 1. The fourth-order valence-corrected chi connectivity index (χ4v) is 3.05. The standard InChI is InChI=1S/C16H20ClN5/c1-11-8-14(9-12(2)19-11)21-4-6-22(7-5-21)16-15(17)10-18-13(3)20-16/h8-10H,4-7H2,1-3H3. The second kappa shape index (κ2) is 6.08. The molecule has 0 unspecified atom stereocenters. The van der Waals surface area contributed by atoms with E-state index in [-0.39, 0.29) is 0 Å². The first-order chi connectivity index (χ1) is 10.5. The quantitative estimate of drug-likeness (QED) is 0.852. The summed E-state index contributed by atoms with van der Waals surface area (Å²) >= 11 is 6.24. The third-order valence-corrected chi connectivity index (χ3v) is 4.12. The highest BCUT2D eigenvalue weighted by molar-refractivity contribution is 6.32. The van der Waals surface area contributed by atoms with Gasteiger partial charge in [-0.2, -0.15) is 0 Å². The fourth-order valence-electron chi connectivity index (χ4n) is 2.84. The molecule has 0 amide bonds. The molecular formula is C16H20ClN5. The molecule has 1 aliphatic heterocycles. The molecule has 0 atom stereocenters. The first kappa shape index (κ1) is 15.0. The molecule has 2 aromatic rings. The third-order valence-electron chi connectivity index (χ3n) is 3.86. The lowest BCUT2D eigenvalue weighted by molar-refractivity contribution is 0.645. The van der Waals surface area contributed by atoms with E-state index in [1.807, 2.05) is 20.8 Å². The van der Waals surface area contributed by atoms with Crippen LogP contribution in [0.1, 0.15) is 17.2 Å². The van der Waals surface area contributed by atoms with Crippen LogP contribution < -0.4 is 9.80 Å². The molecular weight excluding hydrogens is 298 g/mol. The van der Waals surface area contributed by atoms with E-state index in [1.54, 1.807) is 6.20 Å². The van der Waals surface area contributed by atoms with Gasteiger partial charge in [-0.1, -0.05) is 11.6 Å². The summed E-state index contributed by atoms with van der Waals surface area (Å²) in [6.45, 7) is 9.66. The minimum Gasteiger partial charge on any atom is -0.368 e. The molecule has 1 saturated heterocycles. The molecule has 5 nitrogen and oxygen atoms in total. The van der Waals surface area contributed by atoms with Crippen LogP contribution in [0.15, 0.2) is 18.3 Å². The normalized spacial score (nSPS) is 15.3. The summed E-state index contributed by atoms with van der Waals surface area (Å²) in [5.41, 5.74) is 3.37. The van der Waals surface area contributed by atoms with Crippen LogP contribution in [0.4, 0.5) is 11.5 Å². The molecule has 0 N–H and O–H groups in total. The minimum atomic E-state index is 0.620. The molecule has 116 valence electrons. The first-order valence-electron chi connectivity index (χ1n) is 7.47. The molecule has 0 saturated carbocycles. The molecule has 0 spiro atoms. The van der Waals surface area contributed by atoms with Crippen LogP contribution in [-0.2, 0) is 0 Å². The van der Waals surface area contributed by atoms with E-state index in [0.29, 0.717) is 5.02 Å². The van der Waals surface area contributed by atoms with Crippen LogP contribution in [0.5, 0.6) is 0 Å². The Hall–Kier alpha value is -1.88. The Bertz CT molecular complexity index is 660. The lowest BCUT2D eigenvalue weighted by Gasteiger charge is -2.37. The highest BCUT2D eigenvalue weighted by Crippen LogP contribution is 2.25. The van der Waals surface area contributed by atoms with Gasteiger partial charge in [-0.25, -0.2) is 9.97 Å². The largest absolute Gasteiger partial charge is 0.368 e. The molecule has 0 bridgehead atoms. The maximum absolute atomic E-state index is 6.24. The molecule has 0 radical (unpaired) electrons. The van der Waals surface area contributed by atoms with E-state index < -0.39 is 0 Å². The molecule has 3 rings (SSSR count). The van der Waals surface area contributed by atoms with Gasteiger partial charge in [0.05, 0.1) is 6.20 Å². The van der Waals surface area contributed by atoms with Gasteiger partial charge >= 0.3 is 0 Å². The van der Waals surface area contributed by atoms with E-state index in [4.69, 9.17) is 11.6 Å². The number of halogens is 1. The zero-order valence-electron chi connectivity index (χ0n) is 13.2. The van der Waals surface area contributed by atoms with E-state index in [9.17, 15) is 0 Å². The molecule has 3 heterocycles. The molecule has 0 aromatic carbocycles. The van der Waals surface area contributed by atoms with Crippen molar-refractivity contribution < 1.29 is 0 Å². The molecule has 2 aromatic heterocycles. The van der Waals surface area contributed by atoms with Crippen LogP contribution >= 0.6 is 11.6 Å². The van der Waals surface area contributed by atoms with Crippen molar-refractivity contribution in [3.63, 3.8) is 0 Å². The summed E-state index contributed by atoms with van der Waals surface area (Å²) in [7, 11) is 0. The summed E-state index contributed by atoms with van der Waals surface area (Å²) in [6.07, 6.45) is 1.68. The SMILES string of the molecule is Cc1cc(N2CCN(c3nc(C)ncc3Cl)CC2)cc(C)n1. The predicted octanol–water partition coefficient (Wildman–Crippen LogP) is 2.78. The van der Waals surface area contributed by atoms with Gasteiger partial charge in [-0.05, 0) is 32.9 Å². The van der Waals surface area contributed by atoms with Crippen molar-refractivity contribution in [1.29, 1.82) is 0 Å². The maximum Gasteiger partial charge on any atom is 0.151 e. The van der Waals surface area contributed by atoms with Crippen molar-refractivity contribution in [3.8, 4) is 0 Å². The second-order valence-corrected chi connectivity index (χ2v) is 6.08. The Morgan fingerprint density at radius 1 is 0.909 bits per heavy atom. The third kappa shape index (κ3) is 3.14. The molecule has 6 heteroatoms. The topological polar surface area (TPSA) is 45.2 Å². The molecule has 22 heavy (non-hydrogen) atoms. The number of aryl methyl sites for hydroxylation is 3. The maximum atomic E-state index is 6.24. The average molecular weight is 318 g/mol. The van der Waals surface area contributed by atoms with Gasteiger partial charge in [-0.3, -0.25) is 4.98 Å². The summed E-state index contributed by atoms with van der Waals surface area (Å²) in [6, 6.07) is 4.29. The van der Waals surface area contributed by atoms with Crippen molar-refractivity contribution in [1.82, 2.24) is 15.0 Å². The number of pyridine rings is 1. The van der Waals surface area contributed by atoms with Gasteiger partial charge < -0.3 is 9.80 Å². The number of rotatable bonds is 2. The minimum absolute atomic E-state index is 0.620. The lowest BCUT2D eigenvalue weighted by Crippen LogP contribution is -2.47. The van der Waals surface area contributed by atoms with Gasteiger partial charge in [0.2, 0.25) is 0 Å². The van der Waals surface area contributed by atoms with E-state index in [0.717, 1.165) is 49.2 Å². The first-order valence-corrected chi connectivity index (χ1v) is 7.85. The summed E-state index contributed by atoms with van der Waals surface area (Å²) < 4.78 is 0. The summed E-state index contributed by atoms with van der Waals surface area (Å²) in [5, 5.41) is 0.620. The van der Waals surface area contributed by atoms with Crippen molar-refractivity contribution in [3.05, 3.63) is 40.6 Å². The number of hydrogen-bond donors (Lipinski definition) is 0. The monoisotopic (exact) mass is 317 g/mol. The molecule has 0 aliphatic carbocycles. The van der Waals surface area contributed by atoms with Crippen LogP contribution in [0.25, 0.3) is 0 Å². The van der Waals surface area contributed by atoms with Crippen molar-refractivity contribution >= 4 is 23.1 Å². The van der Waals surface area contributed by atoms with Gasteiger partial charge in [0.25, 0.3) is 0 Å². The zero-order chi connectivity index (χ0) is 15.7. The van der Waals surface area contributed by atoms with E-state index in [1.165, 1.54) is 5.69 Å². The Morgan fingerprint density at radius 2 is 1.50 bits per heavy atom. The summed E-state index contributed by atoms with van der Waals surface area (Å²) in [4.78, 5) is 17.7. The predicted molar refractivity (Wildman–Crippen MR) is 89.9 cm³/mol. The zero-order valence-corrected chi connectivity index (χ0v) is 13.9. The van der Waals surface area contributed by atoms with Crippen LogP contribution in [0.3, 0.4) is 0 Å². The van der Waals surface area contributed by atoms with Crippen molar-refractivity contribution in [2.45, 2.75) is 20.8 Å². The Labute approximate surface area is 136 Å². The van der Waals surface area contributed by atoms with Gasteiger partial charge in [-0.15, -0.1) is 0 Å². The number of hydrogen-bond acceptors (Lipinski definition) is 5. The lowest BCUT2D eigenvalue weighted by atomic mass is 10.2. The highest BCUT2D eigenvalue weighted by atomic mass is 35.5. The van der Waals surface area contributed by atoms with Gasteiger partial charge in [0.1, 0.15) is 10.8 Å². The number of anilines is 2. The smallest absolute Gasteiger partial charge is 0.151 e. The van der Waals surface area contributed by atoms with Crippen molar-refractivity contribution in [2.75, 3.05) is 36.0 Å². The van der Waals surface area contributed by atoms with Crippen LogP contribution in [-0.4, -0.2) is 41.1 Å². The Balaban J connectivity index is 1.73. The highest BCUT2D eigenvalue weighted by Gasteiger charge is 2.21.